The Kier molecular flexibility index (Phi) is 2.74. The number of hydrogen-bond donors (Lipinski definition) is 1. The van der Waals surface area contributed by atoms with Crippen molar-refractivity contribution in [3.05, 3.63) is 23.9 Å². The molecule has 2 aliphatic rings. The first-order valence-electron chi connectivity index (χ1n) is 6.29. The van der Waals surface area contributed by atoms with Crippen LogP contribution in [0.5, 0.6) is 0 Å². The van der Waals surface area contributed by atoms with Gasteiger partial charge in [0.1, 0.15) is 5.82 Å². The smallest absolute Gasteiger partial charge is 0.230 e. The molecular weight excluding hydrogens is 230 g/mol. The highest BCUT2D eigenvalue weighted by molar-refractivity contribution is 6.00. The summed E-state index contributed by atoms with van der Waals surface area (Å²) in [6.07, 6.45) is 3.98. The molecule has 1 saturated heterocycles. The molecule has 3 rings (SSSR count). The summed E-state index contributed by atoms with van der Waals surface area (Å²) in [5.41, 5.74) is 0.842. The summed E-state index contributed by atoms with van der Waals surface area (Å²) in [5.74, 6) is 0.113. The van der Waals surface area contributed by atoms with Crippen LogP contribution in [0.3, 0.4) is 0 Å². The number of carbonyl (C=O) groups is 2. The quantitative estimate of drug-likeness (QED) is 0.806. The van der Waals surface area contributed by atoms with Crippen molar-refractivity contribution in [2.24, 2.45) is 0 Å². The molecule has 0 radical (unpaired) electrons. The molecule has 1 unspecified atom stereocenters. The van der Waals surface area contributed by atoms with E-state index in [0.29, 0.717) is 5.82 Å². The minimum Gasteiger partial charge on any atom is -0.342 e. The maximum atomic E-state index is 12.4. The van der Waals surface area contributed by atoms with Gasteiger partial charge in [-0.2, -0.15) is 0 Å². The van der Waals surface area contributed by atoms with E-state index >= 15 is 0 Å². The number of carbonyl (C=O) groups excluding carboxylic acids is 2. The second-order valence-electron chi connectivity index (χ2n) is 4.78. The SMILES string of the molecule is O=C1CC(C(=O)N2CCCC2)c2cccnc2N1. The largest absolute Gasteiger partial charge is 0.342 e. The lowest BCUT2D eigenvalue weighted by Gasteiger charge is -2.27. The lowest BCUT2D eigenvalue weighted by Crippen LogP contribution is -2.37. The molecule has 2 aliphatic heterocycles. The zero-order valence-corrected chi connectivity index (χ0v) is 10.1. The van der Waals surface area contributed by atoms with Crippen molar-refractivity contribution >= 4 is 17.6 Å². The van der Waals surface area contributed by atoms with Crippen molar-refractivity contribution in [3.63, 3.8) is 0 Å². The zero-order chi connectivity index (χ0) is 12.5. The Morgan fingerprint density at radius 1 is 1.39 bits per heavy atom. The monoisotopic (exact) mass is 245 g/mol. The highest BCUT2D eigenvalue weighted by atomic mass is 16.2. The van der Waals surface area contributed by atoms with Gasteiger partial charge in [-0.3, -0.25) is 9.59 Å². The van der Waals surface area contributed by atoms with Crippen LogP contribution in [0.2, 0.25) is 0 Å². The first kappa shape index (κ1) is 11.2. The number of pyridine rings is 1. The normalized spacial score (nSPS) is 22.6. The van der Waals surface area contributed by atoms with Crippen LogP contribution < -0.4 is 5.32 Å². The van der Waals surface area contributed by atoms with Crippen LogP contribution in [0.1, 0.15) is 30.7 Å². The molecule has 1 aromatic rings. The fourth-order valence-electron chi connectivity index (χ4n) is 2.66. The van der Waals surface area contributed by atoms with Gasteiger partial charge in [0.25, 0.3) is 0 Å². The lowest BCUT2D eigenvalue weighted by atomic mass is 9.91. The maximum Gasteiger partial charge on any atom is 0.230 e. The van der Waals surface area contributed by atoms with E-state index in [1.165, 1.54) is 0 Å². The molecule has 1 fully saturated rings. The predicted molar refractivity (Wildman–Crippen MR) is 66.0 cm³/mol. The summed E-state index contributed by atoms with van der Waals surface area (Å²) in [5, 5.41) is 2.71. The van der Waals surface area contributed by atoms with E-state index in [4.69, 9.17) is 0 Å². The van der Waals surface area contributed by atoms with E-state index in [-0.39, 0.29) is 24.2 Å². The number of amides is 2. The Bertz CT molecular complexity index is 495. The Balaban J connectivity index is 1.92. The summed E-state index contributed by atoms with van der Waals surface area (Å²) in [6.45, 7) is 1.62. The third-order valence-corrected chi connectivity index (χ3v) is 3.58. The molecule has 94 valence electrons. The van der Waals surface area contributed by atoms with E-state index < -0.39 is 0 Å². The molecular formula is C13H15N3O2. The molecule has 0 aliphatic carbocycles. The maximum absolute atomic E-state index is 12.4. The molecule has 5 nitrogen and oxygen atoms in total. The van der Waals surface area contributed by atoms with Gasteiger partial charge in [0, 0.05) is 31.3 Å². The molecule has 2 amide bonds. The molecule has 0 bridgehead atoms. The van der Waals surface area contributed by atoms with Gasteiger partial charge in [-0.1, -0.05) is 6.07 Å². The van der Waals surface area contributed by atoms with E-state index in [1.807, 2.05) is 11.0 Å². The number of fused-ring (bicyclic) bond motifs is 1. The minimum atomic E-state index is -0.361. The summed E-state index contributed by atoms with van der Waals surface area (Å²) >= 11 is 0. The van der Waals surface area contributed by atoms with E-state index in [1.54, 1.807) is 12.3 Å². The van der Waals surface area contributed by atoms with Gasteiger partial charge < -0.3 is 10.2 Å². The molecule has 1 N–H and O–H groups in total. The molecule has 5 heteroatoms. The van der Waals surface area contributed by atoms with Crippen molar-refractivity contribution in [2.45, 2.75) is 25.2 Å². The molecule has 18 heavy (non-hydrogen) atoms. The second-order valence-corrected chi connectivity index (χ2v) is 4.78. The highest BCUT2D eigenvalue weighted by Crippen LogP contribution is 2.32. The van der Waals surface area contributed by atoms with Crippen molar-refractivity contribution < 1.29 is 9.59 Å². The van der Waals surface area contributed by atoms with Crippen LogP contribution in [-0.2, 0) is 9.59 Å². The molecule has 1 aromatic heterocycles. The van der Waals surface area contributed by atoms with Gasteiger partial charge >= 0.3 is 0 Å². The lowest BCUT2D eigenvalue weighted by molar-refractivity contribution is -0.134. The first-order chi connectivity index (χ1) is 8.75. The Labute approximate surface area is 105 Å². The fourth-order valence-corrected chi connectivity index (χ4v) is 2.66. The average molecular weight is 245 g/mol. The Hall–Kier alpha value is -1.91. The third kappa shape index (κ3) is 1.85. The predicted octanol–water partition coefficient (Wildman–Crippen LogP) is 1.13. The molecule has 0 spiro atoms. The third-order valence-electron chi connectivity index (χ3n) is 3.58. The number of nitrogens with zero attached hydrogens (tertiary/aromatic N) is 2. The Morgan fingerprint density at radius 3 is 2.94 bits per heavy atom. The van der Waals surface area contributed by atoms with E-state index in [9.17, 15) is 9.59 Å². The van der Waals surface area contributed by atoms with Gasteiger partial charge in [0.15, 0.2) is 0 Å². The minimum absolute atomic E-state index is 0.0663. The van der Waals surface area contributed by atoms with Gasteiger partial charge in [-0.15, -0.1) is 0 Å². The number of aromatic nitrogens is 1. The van der Waals surface area contributed by atoms with Crippen molar-refractivity contribution in [1.82, 2.24) is 9.88 Å². The van der Waals surface area contributed by atoms with Crippen LogP contribution in [0.15, 0.2) is 18.3 Å². The van der Waals surface area contributed by atoms with Crippen LogP contribution in [0.4, 0.5) is 5.82 Å². The number of hydrogen-bond acceptors (Lipinski definition) is 3. The van der Waals surface area contributed by atoms with Crippen LogP contribution >= 0.6 is 0 Å². The standard InChI is InChI=1S/C13H15N3O2/c17-11-8-10(13(18)16-6-1-2-7-16)9-4-3-5-14-12(9)15-11/h3-5,10H,1-2,6-8H2,(H,14,15,17). The summed E-state index contributed by atoms with van der Waals surface area (Å²) in [7, 11) is 0. The molecule has 0 saturated carbocycles. The molecule has 0 aromatic carbocycles. The van der Waals surface area contributed by atoms with Crippen LogP contribution in [-0.4, -0.2) is 34.8 Å². The molecule has 1 atom stereocenters. The van der Waals surface area contributed by atoms with Crippen molar-refractivity contribution in [3.8, 4) is 0 Å². The number of nitrogens with one attached hydrogen (secondary N) is 1. The topological polar surface area (TPSA) is 62.3 Å². The summed E-state index contributed by atoms with van der Waals surface area (Å²) < 4.78 is 0. The van der Waals surface area contributed by atoms with Gasteiger partial charge in [-0.25, -0.2) is 4.98 Å². The average Bonchev–Trinajstić information content (AvgIpc) is 2.90. The second kappa shape index (κ2) is 4.40. The number of anilines is 1. The van der Waals surface area contributed by atoms with Gasteiger partial charge in [-0.05, 0) is 18.9 Å². The van der Waals surface area contributed by atoms with Gasteiger partial charge in [0.2, 0.25) is 11.8 Å². The highest BCUT2D eigenvalue weighted by Gasteiger charge is 2.34. The first-order valence-corrected chi connectivity index (χ1v) is 6.29. The Morgan fingerprint density at radius 2 is 2.17 bits per heavy atom. The molecule has 3 heterocycles. The van der Waals surface area contributed by atoms with E-state index in [0.717, 1.165) is 31.5 Å². The van der Waals surface area contributed by atoms with Crippen LogP contribution in [0.25, 0.3) is 0 Å². The fraction of sp³-hybridized carbons (Fsp3) is 0.462. The zero-order valence-electron chi connectivity index (χ0n) is 10.1. The summed E-state index contributed by atoms with van der Waals surface area (Å²) in [6, 6.07) is 3.68. The summed E-state index contributed by atoms with van der Waals surface area (Å²) in [4.78, 5) is 30.0. The van der Waals surface area contributed by atoms with E-state index in [2.05, 4.69) is 10.3 Å². The number of likely N-dealkylation sites (tertiary alicyclic amines) is 1. The van der Waals surface area contributed by atoms with Crippen molar-refractivity contribution in [1.29, 1.82) is 0 Å². The van der Waals surface area contributed by atoms with Crippen LogP contribution in [0, 0.1) is 0 Å². The number of rotatable bonds is 1. The van der Waals surface area contributed by atoms with Gasteiger partial charge in [0.05, 0.1) is 5.92 Å². The van der Waals surface area contributed by atoms with Crippen molar-refractivity contribution in [2.75, 3.05) is 18.4 Å².